The Hall–Kier alpha value is -2.74. The molecule has 1 amide bonds. The Morgan fingerprint density at radius 2 is 1.72 bits per heavy atom. The molecule has 9 heteroatoms. The summed E-state index contributed by atoms with van der Waals surface area (Å²) in [6.45, 7) is 0.983. The second-order valence-corrected chi connectivity index (χ2v) is 9.85. The molecule has 0 atom stereocenters. The lowest BCUT2D eigenvalue weighted by atomic mass is 10.00. The summed E-state index contributed by atoms with van der Waals surface area (Å²) in [5, 5.41) is 0.599. The SMILES string of the molecule is O=C(COc1ccc(S(=O)(=O)Nc2ccc(Cl)cc2)cc1Cl)N1CCc2ccccc2C1. The number of hydrogen-bond acceptors (Lipinski definition) is 4. The number of halogens is 2. The normalized spacial score (nSPS) is 13.4. The van der Waals surface area contributed by atoms with Gasteiger partial charge in [0.2, 0.25) is 0 Å². The molecule has 0 bridgehead atoms. The van der Waals surface area contributed by atoms with Gasteiger partial charge in [-0.1, -0.05) is 47.5 Å². The van der Waals surface area contributed by atoms with Crippen molar-refractivity contribution in [1.82, 2.24) is 4.90 Å². The van der Waals surface area contributed by atoms with E-state index in [0.717, 1.165) is 12.0 Å². The Kier molecular flexibility index (Phi) is 6.60. The van der Waals surface area contributed by atoms with Gasteiger partial charge in [0.1, 0.15) is 5.75 Å². The number of carbonyl (C=O) groups excluding carboxylic acids is 1. The van der Waals surface area contributed by atoms with Crippen molar-refractivity contribution in [1.29, 1.82) is 0 Å². The molecule has 0 saturated carbocycles. The third kappa shape index (κ3) is 5.18. The van der Waals surface area contributed by atoms with Gasteiger partial charge in [-0.3, -0.25) is 9.52 Å². The predicted octanol–water partition coefficient (Wildman–Crippen LogP) is 4.76. The third-order valence-corrected chi connectivity index (χ3v) is 7.07. The largest absolute Gasteiger partial charge is 0.482 e. The number of fused-ring (bicyclic) bond motifs is 1. The molecule has 4 rings (SSSR count). The maximum absolute atomic E-state index is 12.6. The number of nitrogens with zero attached hydrogens (tertiary/aromatic N) is 1. The first-order valence-corrected chi connectivity index (χ1v) is 12.1. The van der Waals surface area contributed by atoms with Crippen LogP contribution in [0.4, 0.5) is 5.69 Å². The molecule has 1 heterocycles. The van der Waals surface area contributed by atoms with Crippen molar-refractivity contribution in [3.8, 4) is 5.75 Å². The summed E-state index contributed by atoms with van der Waals surface area (Å²) in [4.78, 5) is 14.3. The predicted molar refractivity (Wildman–Crippen MR) is 125 cm³/mol. The maximum Gasteiger partial charge on any atom is 0.261 e. The van der Waals surface area contributed by atoms with Crippen LogP contribution in [0.15, 0.2) is 71.6 Å². The molecule has 0 unspecified atom stereocenters. The topological polar surface area (TPSA) is 75.7 Å². The Balaban J connectivity index is 1.39. The molecule has 3 aromatic rings. The first-order valence-electron chi connectivity index (χ1n) is 9.87. The highest BCUT2D eigenvalue weighted by Crippen LogP contribution is 2.29. The van der Waals surface area contributed by atoms with Crippen molar-refractivity contribution in [2.45, 2.75) is 17.9 Å². The highest BCUT2D eigenvalue weighted by molar-refractivity contribution is 7.92. The molecule has 1 aliphatic heterocycles. The van der Waals surface area contributed by atoms with Crippen LogP contribution in [0, 0.1) is 0 Å². The van der Waals surface area contributed by atoms with Crippen molar-refractivity contribution >= 4 is 44.8 Å². The van der Waals surface area contributed by atoms with Gasteiger partial charge in [-0.2, -0.15) is 0 Å². The van der Waals surface area contributed by atoms with Crippen LogP contribution in [0.25, 0.3) is 0 Å². The van der Waals surface area contributed by atoms with E-state index in [-0.39, 0.29) is 28.2 Å². The smallest absolute Gasteiger partial charge is 0.261 e. The van der Waals surface area contributed by atoms with E-state index in [1.54, 1.807) is 29.2 Å². The van der Waals surface area contributed by atoms with E-state index in [0.29, 0.717) is 23.8 Å². The Bertz CT molecular complexity index is 1250. The quantitative estimate of drug-likeness (QED) is 0.540. The molecule has 0 saturated heterocycles. The average molecular weight is 491 g/mol. The molecule has 0 aromatic heterocycles. The van der Waals surface area contributed by atoms with Crippen LogP contribution in [0.1, 0.15) is 11.1 Å². The summed E-state index contributed by atoms with van der Waals surface area (Å²) in [7, 11) is -3.85. The van der Waals surface area contributed by atoms with E-state index in [4.69, 9.17) is 27.9 Å². The fourth-order valence-electron chi connectivity index (χ4n) is 3.44. The summed E-state index contributed by atoms with van der Waals surface area (Å²) < 4.78 is 33.3. The minimum atomic E-state index is -3.85. The van der Waals surface area contributed by atoms with Gasteiger partial charge in [-0.15, -0.1) is 0 Å². The van der Waals surface area contributed by atoms with Gasteiger partial charge in [-0.25, -0.2) is 8.42 Å². The molecule has 1 aliphatic rings. The Morgan fingerprint density at radius 3 is 2.44 bits per heavy atom. The molecule has 6 nitrogen and oxygen atoms in total. The zero-order chi connectivity index (χ0) is 22.7. The monoisotopic (exact) mass is 490 g/mol. The molecule has 0 radical (unpaired) electrons. The molecule has 3 aromatic carbocycles. The second-order valence-electron chi connectivity index (χ2n) is 7.33. The third-order valence-electron chi connectivity index (χ3n) is 5.14. The fourth-order valence-corrected chi connectivity index (χ4v) is 4.95. The average Bonchev–Trinajstić information content (AvgIpc) is 2.79. The lowest BCUT2D eigenvalue weighted by molar-refractivity contribution is -0.134. The molecule has 1 N–H and O–H groups in total. The molecule has 166 valence electrons. The number of benzene rings is 3. The van der Waals surface area contributed by atoms with Crippen molar-refractivity contribution in [3.63, 3.8) is 0 Å². The summed E-state index contributed by atoms with van der Waals surface area (Å²) in [5.41, 5.74) is 2.76. The Morgan fingerprint density at radius 1 is 1.00 bits per heavy atom. The van der Waals surface area contributed by atoms with Crippen LogP contribution < -0.4 is 9.46 Å². The van der Waals surface area contributed by atoms with E-state index in [2.05, 4.69) is 10.8 Å². The first-order chi connectivity index (χ1) is 15.3. The number of hydrogen-bond donors (Lipinski definition) is 1. The molecular formula is C23H20Cl2N2O4S. The van der Waals surface area contributed by atoms with Gasteiger partial charge in [-0.05, 0) is 60.0 Å². The van der Waals surface area contributed by atoms with E-state index in [9.17, 15) is 13.2 Å². The summed E-state index contributed by atoms with van der Waals surface area (Å²) >= 11 is 12.1. The van der Waals surface area contributed by atoms with Crippen LogP contribution in [-0.2, 0) is 27.8 Å². The summed E-state index contributed by atoms with van der Waals surface area (Å²) in [6, 6.07) is 18.4. The van der Waals surface area contributed by atoms with Crippen molar-refractivity contribution in [3.05, 3.63) is 87.9 Å². The van der Waals surface area contributed by atoms with Crippen molar-refractivity contribution in [2.24, 2.45) is 0 Å². The lowest BCUT2D eigenvalue weighted by Crippen LogP contribution is -2.38. The minimum Gasteiger partial charge on any atom is -0.482 e. The first kappa shape index (κ1) is 22.5. The van der Waals surface area contributed by atoms with Crippen LogP contribution in [0.5, 0.6) is 5.75 Å². The van der Waals surface area contributed by atoms with E-state index in [1.807, 2.05) is 18.2 Å². The standard InChI is InChI=1S/C23H20Cl2N2O4S/c24-18-5-7-19(8-6-18)26-32(29,30)20-9-10-22(21(25)13-20)31-15-23(28)27-12-11-16-3-1-2-4-17(16)14-27/h1-10,13,26H,11-12,14-15H2. The zero-order valence-electron chi connectivity index (χ0n) is 16.9. The van der Waals surface area contributed by atoms with Gasteiger partial charge in [0.05, 0.1) is 9.92 Å². The number of ether oxygens (including phenoxy) is 1. The number of rotatable bonds is 6. The number of nitrogens with one attached hydrogen (secondary N) is 1. The molecule has 0 spiro atoms. The van der Waals surface area contributed by atoms with Gasteiger partial charge in [0.25, 0.3) is 15.9 Å². The van der Waals surface area contributed by atoms with Crippen LogP contribution >= 0.6 is 23.2 Å². The van der Waals surface area contributed by atoms with Gasteiger partial charge >= 0.3 is 0 Å². The molecule has 0 aliphatic carbocycles. The van der Waals surface area contributed by atoms with Crippen molar-refractivity contribution in [2.75, 3.05) is 17.9 Å². The fraction of sp³-hybridized carbons (Fsp3) is 0.174. The van der Waals surface area contributed by atoms with E-state index < -0.39 is 10.0 Å². The number of amides is 1. The molecule has 32 heavy (non-hydrogen) atoms. The molecular weight excluding hydrogens is 471 g/mol. The minimum absolute atomic E-state index is 0.0243. The highest BCUT2D eigenvalue weighted by Gasteiger charge is 2.21. The number of anilines is 1. The van der Waals surface area contributed by atoms with Crippen LogP contribution in [0.3, 0.4) is 0 Å². The van der Waals surface area contributed by atoms with Gasteiger partial charge in [0.15, 0.2) is 6.61 Å². The lowest BCUT2D eigenvalue weighted by Gasteiger charge is -2.28. The van der Waals surface area contributed by atoms with Crippen molar-refractivity contribution < 1.29 is 17.9 Å². The molecule has 0 fully saturated rings. The van der Waals surface area contributed by atoms with E-state index in [1.165, 1.54) is 23.8 Å². The number of sulfonamides is 1. The van der Waals surface area contributed by atoms with Gasteiger partial charge < -0.3 is 9.64 Å². The van der Waals surface area contributed by atoms with Gasteiger partial charge in [0, 0.05) is 23.8 Å². The van der Waals surface area contributed by atoms with Crippen LogP contribution in [-0.4, -0.2) is 32.4 Å². The number of carbonyl (C=O) groups is 1. The Labute approximate surface area is 196 Å². The summed E-state index contributed by atoms with van der Waals surface area (Å²) in [6.07, 6.45) is 0.801. The summed E-state index contributed by atoms with van der Waals surface area (Å²) in [5.74, 6) is 0.0829. The van der Waals surface area contributed by atoms with E-state index >= 15 is 0 Å². The second kappa shape index (κ2) is 9.40. The zero-order valence-corrected chi connectivity index (χ0v) is 19.3. The van der Waals surface area contributed by atoms with Crippen LogP contribution in [0.2, 0.25) is 10.0 Å². The highest BCUT2D eigenvalue weighted by atomic mass is 35.5. The maximum atomic E-state index is 12.6.